The fourth-order valence-corrected chi connectivity index (χ4v) is 4.54. The zero-order valence-electron chi connectivity index (χ0n) is 9.47. The molecule has 0 amide bonds. The molecule has 0 bridgehead atoms. The Morgan fingerprint density at radius 2 is 2.18 bits per heavy atom. The number of carboxylic acid groups (broad SMARTS) is 1. The van der Waals surface area contributed by atoms with Gasteiger partial charge in [-0.25, -0.2) is 13.4 Å². The van der Waals surface area contributed by atoms with E-state index in [0.717, 1.165) is 9.22 Å². The van der Waals surface area contributed by atoms with Crippen molar-refractivity contribution in [3.05, 3.63) is 10.6 Å². The maximum Gasteiger partial charge on any atom is 0.308 e. The fraction of sp³-hybridized carbons (Fsp3) is 0.556. The Balaban J connectivity index is 2.58. The van der Waals surface area contributed by atoms with Gasteiger partial charge in [0.1, 0.15) is 14.2 Å². The molecule has 0 saturated heterocycles. The van der Waals surface area contributed by atoms with E-state index in [2.05, 4.69) is 4.98 Å². The maximum absolute atomic E-state index is 10.9. The minimum absolute atomic E-state index is 0.0316. The van der Waals surface area contributed by atoms with E-state index >= 15 is 0 Å². The largest absolute Gasteiger partial charge is 0.481 e. The molecule has 0 atom stereocenters. The highest BCUT2D eigenvalue weighted by Gasteiger charge is 2.12. The summed E-state index contributed by atoms with van der Waals surface area (Å²) >= 11 is 2.66. The van der Waals surface area contributed by atoms with Crippen molar-refractivity contribution in [2.75, 3.05) is 17.8 Å². The van der Waals surface area contributed by atoms with Crippen molar-refractivity contribution in [1.82, 2.24) is 4.98 Å². The Hall–Kier alpha value is -0.600. The molecule has 0 spiro atoms. The highest BCUT2D eigenvalue weighted by atomic mass is 32.2. The smallest absolute Gasteiger partial charge is 0.308 e. The Kier molecular flexibility index (Phi) is 4.96. The number of nitrogens with zero attached hydrogens (tertiary/aromatic N) is 1. The van der Waals surface area contributed by atoms with Gasteiger partial charge in [0.05, 0.1) is 17.9 Å². The SMILES string of the molecule is Cc1nc(SCCS(C)(=O)=O)sc1CC(=O)O. The molecule has 1 heterocycles. The van der Waals surface area contributed by atoms with Crippen molar-refractivity contribution in [3.63, 3.8) is 0 Å². The highest BCUT2D eigenvalue weighted by molar-refractivity contribution is 8.02. The van der Waals surface area contributed by atoms with Crippen LogP contribution in [0.1, 0.15) is 10.6 Å². The van der Waals surface area contributed by atoms with Crippen LogP contribution in [0.2, 0.25) is 0 Å². The number of thiazole rings is 1. The summed E-state index contributed by atoms with van der Waals surface area (Å²) in [7, 11) is -2.95. The zero-order valence-corrected chi connectivity index (χ0v) is 11.9. The highest BCUT2D eigenvalue weighted by Crippen LogP contribution is 2.27. The molecule has 1 aromatic heterocycles. The minimum atomic E-state index is -2.95. The Labute approximate surface area is 108 Å². The Bertz CT molecular complexity index is 506. The van der Waals surface area contributed by atoms with Crippen LogP contribution < -0.4 is 0 Å². The number of hydrogen-bond donors (Lipinski definition) is 1. The van der Waals surface area contributed by atoms with Crippen LogP contribution in [0, 0.1) is 6.92 Å². The lowest BCUT2D eigenvalue weighted by Gasteiger charge is -1.95. The lowest BCUT2D eigenvalue weighted by atomic mass is 10.3. The molecule has 1 rings (SSSR count). The molecule has 0 aliphatic carbocycles. The normalized spacial score (nSPS) is 11.6. The van der Waals surface area contributed by atoms with E-state index in [1.807, 2.05) is 0 Å². The molecule has 8 heteroatoms. The van der Waals surface area contributed by atoms with Crippen molar-refractivity contribution < 1.29 is 18.3 Å². The van der Waals surface area contributed by atoms with Gasteiger partial charge in [-0.2, -0.15) is 0 Å². The molecule has 0 aliphatic heterocycles. The predicted molar refractivity (Wildman–Crippen MR) is 68.6 cm³/mol. The van der Waals surface area contributed by atoms with Gasteiger partial charge < -0.3 is 5.11 Å². The number of aromatic nitrogens is 1. The van der Waals surface area contributed by atoms with Crippen LogP contribution in [0.5, 0.6) is 0 Å². The van der Waals surface area contributed by atoms with Crippen LogP contribution >= 0.6 is 23.1 Å². The van der Waals surface area contributed by atoms with Crippen LogP contribution in [0.3, 0.4) is 0 Å². The molecular formula is C9H13NO4S3. The lowest BCUT2D eigenvalue weighted by Crippen LogP contribution is -2.04. The summed E-state index contributed by atoms with van der Waals surface area (Å²) in [5, 5.41) is 8.68. The number of sulfone groups is 1. The topological polar surface area (TPSA) is 84.3 Å². The summed E-state index contributed by atoms with van der Waals surface area (Å²) < 4.78 is 22.6. The number of carbonyl (C=O) groups is 1. The third-order valence-electron chi connectivity index (χ3n) is 1.86. The first-order chi connectivity index (χ1) is 7.78. The van der Waals surface area contributed by atoms with Gasteiger partial charge in [0.25, 0.3) is 0 Å². The molecule has 96 valence electrons. The van der Waals surface area contributed by atoms with E-state index in [1.54, 1.807) is 6.92 Å². The van der Waals surface area contributed by atoms with Gasteiger partial charge in [0.15, 0.2) is 0 Å². The average molecular weight is 295 g/mol. The number of thioether (sulfide) groups is 1. The molecule has 0 radical (unpaired) electrons. The van der Waals surface area contributed by atoms with E-state index < -0.39 is 15.8 Å². The maximum atomic E-state index is 10.9. The second kappa shape index (κ2) is 5.83. The second-order valence-corrected chi connectivity index (χ2v) is 8.22. The molecular weight excluding hydrogens is 282 g/mol. The molecule has 0 aliphatic rings. The number of carboxylic acids is 1. The van der Waals surface area contributed by atoms with Gasteiger partial charge in [-0.05, 0) is 6.92 Å². The van der Waals surface area contributed by atoms with Gasteiger partial charge in [-0.15, -0.1) is 11.3 Å². The summed E-state index contributed by atoms with van der Waals surface area (Å²) in [4.78, 5) is 15.5. The van der Waals surface area contributed by atoms with Gasteiger partial charge in [0.2, 0.25) is 0 Å². The molecule has 1 N–H and O–H groups in total. The average Bonchev–Trinajstić information content (AvgIpc) is 2.43. The molecule has 0 aromatic carbocycles. The fourth-order valence-electron chi connectivity index (χ4n) is 1.04. The van der Waals surface area contributed by atoms with Crippen molar-refractivity contribution in [3.8, 4) is 0 Å². The molecule has 5 nitrogen and oxygen atoms in total. The first-order valence-corrected chi connectivity index (χ1v) is 8.63. The first kappa shape index (κ1) is 14.5. The zero-order chi connectivity index (χ0) is 13.1. The third kappa shape index (κ3) is 5.51. The van der Waals surface area contributed by atoms with Gasteiger partial charge in [-0.1, -0.05) is 11.8 Å². The number of aliphatic carboxylic acids is 1. The standard InChI is InChI=1S/C9H13NO4S3/c1-6-7(5-8(11)12)16-9(10-6)15-3-4-17(2,13)14/h3-5H2,1-2H3,(H,11,12). The number of rotatable bonds is 6. The second-order valence-electron chi connectivity index (χ2n) is 3.54. The number of aryl methyl sites for hydroxylation is 1. The summed E-state index contributed by atoms with van der Waals surface area (Å²) in [5.74, 6) is -0.340. The Morgan fingerprint density at radius 3 is 2.71 bits per heavy atom. The van der Waals surface area contributed by atoms with Crippen LogP contribution in [0.4, 0.5) is 0 Å². The molecule has 0 unspecified atom stereocenters. The predicted octanol–water partition coefficient (Wildman–Crippen LogP) is 1.22. The summed E-state index contributed by atoms with van der Waals surface area (Å²) in [6, 6.07) is 0. The van der Waals surface area contributed by atoms with Crippen LogP contribution in [-0.4, -0.2) is 42.2 Å². The van der Waals surface area contributed by atoms with E-state index in [9.17, 15) is 13.2 Å². The summed E-state index contributed by atoms with van der Waals surface area (Å²) in [6.45, 7) is 1.76. The van der Waals surface area contributed by atoms with E-state index in [4.69, 9.17) is 5.11 Å². The molecule has 17 heavy (non-hydrogen) atoms. The quantitative estimate of drug-likeness (QED) is 0.794. The van der Waals surface area contributed by atoms with E-state index in [1.165, 1.54) is 29.4 Å². The number of hydrogen-bond acceptors (Lipinski definition) is 6. The summed E-state index contributed by atoms with van der Waals surface area (Å²) in [6.07, 6.45) is 1.16. The van der Waals surface area contributed by atoms with E-state index in [0.29, 0.717) is 11.4 Å². The van der Waals surface area contributed by atoms with Crippen molar-refractivity contribution >= 4 is 38.9 Å². The first-order valence-electron chi connectivity index (χ1n) is 4.76. The van der Waals surface area contributed by atoms with Crippen molar-refractivity contribution in [2.24, 2.45) is 0 Å². The molecule has 1 aromatic rings. The van der Waals surface area contributed by atoms with Crippen molar-refractivity contribution in [2.45, 2.75) is 17.7 Å². The summed E-state index contributed by atoms with van der Waals surface area (Å²) in [5.41, 5.74) is 0.708. The van der Waals surface area contributed by atoms with Crippen LogP contribution in [0.15, 0.2) is 4.34 Å². The van der Waals surface area contributed by atoms with Gasteiger partial charge >= 0.3 is 5.97 Å². The van der Waals surface area contributed by atoms with Gasteiger partial charge in [0, 0.05) is 16.9 Å². The lowest BCUT2D eigenvalue weighted by molar-refractivity contribution is -0.136. The Morgan fingerprint density at radius 1 is 1.53 bits per heavy atom. The van der Waals surface area contributed by atoms with Crippen molar-refractivity contribution in [1.29, 1.82) is 0 Å². The minimum Gasteiger partial charge on any atom is -0.481 e. The van der Waals surface area contributed by atoms with E-state index in [-0.39, 0.29) is 12.2 Å². The molecule has 0 saturated carbocycles. The molecule has 0 fully saturated rings. The third-order valence-corrected chi connectivity index (χ3v) is 5.37. The van der Waals surface area contributed by atoms with Gasteiger partial charge in [-0.3, -0.25) is 4.79 Å². The van der Waals surface area contributed by atoms with Crippen LogP contribution in [-0.2, 0) is 21.1 Å². The van der Waals surface area contributed by atoms with Crippen LogP contribution in [0.25, 0.3) is 0 Å². The monoisotopic (exact) mass is 295 g/mol.